The summed E-state index contributed by atoms with van der Waals surface area (Å²) in [6, 6.07) is 63.5. The zero-order valence-electron chi connectivity index (χ0n) is 35.8. The van der Waals surface area contributed by atoms with E-state index in [-0.39, 0.29) is 5.56 Å². The van der Waals surface area contributed by atoms with Crippen LogP contribution in [0.2, 0.25) is 0 Å². The number of aromatic nitrogens is 2. The highest BCUT2D eigenvalue weighted by Gasteiger charge is 2.34. The molecule has 11 rings (SSSR count). The van der Waals surface area contributed by atoms with Gasteiger partial charge in [0.2, 0.25) is 0 Å². The summed E-state index contributed by atoms with van der Waals surface area (Å²) in [7, 11) is 0. The van der Waals surface area contributed by atoms with Gasteiger partial charge in [-0.15, -0.1) is 0 Å². The van der Waals surface area contributed by atoms with Crippen LogP contribution in [-0.2, 0) is 6.18 Å². The Kier molecular flexibility index (Phi) is 9.59. The molecule has 5 nitrogen and oxygen atoms in total. The second kappa shape index (κ2) is 15.8. The molecule has 2 aromatic heterocycles. The maximum atomic E-state index is 14.9. The zero-order chi connectivity index (χ0) is 46.0. The first-order chi connectivity index (χ1) is 32.6. The van der Waals surface area contributed by atoms with Crippen LogP contribution < -0.4 is 0 Å². The topological polar surface area (TPSA) is 61.8 Å². The van der Waals surface area contributed by atoms with Gasteiger partial charge >= 0.3 is 6.18 Å². The Bertz CT molecular complexity index is 3980. The maximum Gasteiger partial charge on any atom is 0.417 e. The first-order valence-corrected chi connectivity index (χ1v) is 21.5. The van der Waals surface area contributed by atoms with Crippen LogP contribution in [0.3, 0.4) is 0 Å². The van der Waals surface area contributed by atoms with E-state index in [0.717, 1.165) is 77.6 Å². The number of hydrogen-bond donors (Lipinski definition) is 0. The number of halogens is 3. The fraction of sp³-hybridized carbons (Fsp3) is 0.0339. The summed E-state index contributed by atoms with van der Waals surface area (Å²) in [6.07, 6.45) is -4.62. The second-order valence-electron chi connectivity index (χ2n) is 16.6. The number of nitrogens with zero attached hydrogens (tertiary/aromatic N) is 5. The highest BCUT2D eigenvalue weighted by Crippen LogP contribution is 2.46. The molecule has 67 heavy (non-hydrogen) atoms. The molecular weight excluding hydrogens is 836 g/mol. The molecule has 8 heteroatoms. The molecule has 0 bridgehead atoms. The number of fused-ring (bicyclic) bond motifs is 6. The Hall–Kier alpha value is -9.16. The van der Waals surface area contributed by atoms with Crippen LogP contribution in [0.1, 0.15) is 22.3 Å². The summed E-state index contributed by atoms with van der Waals surface area (Å²) in [5, 5.41) is 24.1. The molecule has 0 aliphatic rings. The summed E-state index contributed by atoms with van der Waals surface area (Å²) in [5.41, 5.74) is 11.6. The average Bonchev–Trinajstić information content (AvgIpc) is 3.87. The van der Waals surface area contributed by atoms with Crippen molar-refractivity contribution in [3.63, 3.8) is 0 Å². The van der Waals surface area contributed by atoms with E-state index in [9.17, 15) is 23.7 Å². The molecule has 0 N–H and O–H groups in total. The number of aryl methyl sites for hydroxylation is 1. The molecule has 0 saturated heterocycles. The Labute approximate surface area is 383 Å². The largest absolute Gasteiger partial charge is 0.417 e. The van der Waals surface area contributed by atoms with Gasteiger partial charge in [0.1, 0.15) is 0 Å². The smallest absolute Gasteiger partial charge is 0.309 e. The van der Waals surface area contributed by atoms with Crippen molar-refractivity contribution in [2.75, 3.05) is 0 Å². The summed E-state index contributed by atoms with van der Waals surface area (Å²) in [4.78, 5) is 3.65. The zero-order valence-corrected chi connectivity index (χ0v) is 35.8. The Morgan fingerprint density at radius 3 is 1.58 bits per heavy atom. The van der Waals surface area contributed by atoms with Gasteiger partial charge in [-0.1, -0.05) is 97.1 Å². The third-order valence-corrected chi connectivity index (χ3v) is 12.7. The first kappa shape index (κ1) is 40.6. The van der Waals surface area contributed by atoms with Crippen molar-refractivity contribution in [1.82, 2.24) is 9.13 Å². The van der Waals surface area contributed by atoms with E-state index in [1.807, 2.05) is 109 Å². The molecule has 0 aliphatic heterocycles. The Morgan fingerprint density at radius 1 is 0.463 bits per heavy atom. The molecule has 0 fully saturated rings. The third-order valence-electron chi connectivity index (χ3n) is 12.7. The van der Waals surface area contributed by atoms with Gasteiger partial charge in [0.15, 0.2) is 5.69 Å². The van der Waals surface area contributed by atoms with E-state index in [0.29, 0.717) is 44.8 Å². The van der Waals surface area contributed by atoms with E-state index >= 15 is 0 Å². The highest BCUT2D eigenvalue weighted by molar-refractivity contribution is 6.13. The number of para-hydroxylation sites is 2. The van der Waals surface area contributed by atoms with E-state index in [4.69, 9.17) is 6.57 Å². The normalized spacial score (nSPS) is 11.5. The molecule has 0 aliphatic carbocycles. The van der Waals surface area contributed by atoms with Crippen LogP contribution in [0.25, 0.3) is 104 Å². The van der Waals surface area contributed by atoms with Crippen LogP contribution in [0.4, 0.5) is 18.9 Å². The molecule has 316 valence electrons. The SMILES string of the molecule is [C-]#[N+]c1cccc(-c2ccc3c(c2)c2ccccc2n3-c2ccc(-c3c(C)cccc3C(F)(F)F)cc2-c2cc(C#N)ccc2-n2c3ccccc3c3cc(-c4cccc(C#N)c4)ccc32)c1. The second-order valence-corrected chi connectivity index (χ2v) is 16.6. The highest BCUT2D eigenvalue weighted by atomic mass is 19.4. The van der Waals surface area contributed by atoms with Gasteiger partial charge in [-0.2, -0.15) is 23.7 Å². The third kappa shape index (κ3) is 6.78. The summed E-state index contributed by atoms with van der Waals surface area (Å²) < 4.78 is 49.1. The van der Waals surface area contributed by atoms with Gasteiger partial charge in [0.25, 0.3) is 0 Å². The Balaban J connectivity index is 1.23. The maximum absolute atomic E-state index is 14.9. The van der Waals surface area contributed by atoms with E-state index in [1.165, 1.54) is 6.07 Å². The predicted molar refractivity (Wildman–Crippen MR) is 262 cm³/mol. The lowest BCUT2D eigenvalue weighted by Crippen LogP contribution is -2.08. The van der Waals surface area contributed by atoms with Gasteiger partial charge in [-0.05, 0) is 137 Å². The summed E-state index contributed by atoms with van der Waals surface area (Å²) in [5.74, 6) is 0. The van der Waals surface area contributed by atoms with Crippen molar-refractivity contribution in [3.8, 4) is 68.0 Å². The average molecular weight is 870 g/mol. The molecule has 0 atom stereocenters. The van der Waals surface area contributed by atoms with Crippen molar-refractivity contribution < 1.29 is 13.2 Å². The number of nitriles is 2. The van der Waals surface area contributed by atoms with Gasteiger partial charge in [-0.3, -0.25) is 0 Å². The van der Waals surface area contributed by atoms with E-state index in [2.05, 4.69) is 62.5 Å². The van der Waals surface area contributed by atoms with Crippen LogP contribution in [-0.4, -0.2) is 9.13 Å². The molecule has 0 unspecified atom stereocenters. The van der Waals surface area contributed by atoms with E-state index < -0.39 is 11.7 Å². The van der Waals surface area contributed by atoms with Gasteiger partial charge in [0.05, 0.1) is 68.8 Å². The lowest BCUT2D eigenvalue weighted by Gasteiger charge is -2.21. The molecule has 0 spiro atoms. The van der Waals surface area contributed by atoms with Gasteiger partial charge < -0.3 is 9.13 Å². The minimum absolute atomic E-state index is 0.0826. The molecule has 11 aromatic rings. The summed E-state index contributed by atoms with van der Waals surface area (Å²) in [6.45, 7) is 9.31. The molecular formula is C59H34F3N5. The lowest BCUT2D eigenvalue weighted by atomic mass is 9.90. The van der Waals surface area contributed by atoms with Crippen molar-refractivity contribution in [2.24, 2.45) is 0 Å². The lowest BCUT2D eigenvalue weighted by molar-refractivity contribution is -0.137. The minimum Gasteiger partial charge on any atom is -0.309 e. The van der Waals surface area contributed by atoms with Crippen LogP contribution in [0.5, 0.6) is 0 Å². The van der Waals surface area contributed by atoms with Crippen LogP contribution in [0.15, 0.2) is 188 Å². The predicted octanol–water partition coefficient (Wildman–Crippen LogP) is 16.2. The monoisotopic (exact) mass is 869 g/mol. The molecule has 0 radical (unpaired) electrons. The fourth-order valence-corrected chi connectivity index (χ4v) is 9.75. The van der Waals surface area contributed by atoms with Crippen molar-refractivity contribution in [1.29, 1.82) is 10.5 Å². The standard InChI is InChI=1S/C59H34F3N5/c1-36-10-7-17-51(59(60,61)62)58(36)43-23-27-57(67-53-19-6-4-16-46(53)49-32-42(22-26-56(49)67)40-13-9-14-44(30-40)65-2)50(33-43)47-29-38(35-64)20-24-54(47)66-52-18-5-3-15-45(52)48-31-41(21-25-55(48)66)39-12-8-11-37(28-39)34-63/h3-33H,1H3. The molecule has 0 amide bonds. The summed E-state index contributed by atoms with van der Waals surface area (Å²) >= 11 is 0. The first-order valence-electron chi connectivity index (χ1n) is 21.5. The van der Waals surface area contributed by atoms with Crippen LogP contribution in [0, 0.1) is 36.2 Å². The number of hydrogen-bond acceptors (Lipinski definition) is 2. The van der Waals surface area contributed by atoms with Gasteiger partial charge in [0, 0.05) is 32.7 Å². The molecule has 0 saturated carbocycles. The van der Waals surface area contributed by atoms with Gasteiger partial charge in [-0.25, -0.2) is 4.85 Å². The van der Waals surface area contributed by atoms with Crippen molar-refractivity contribution in [3.05, 3.63) is 222 Å². The quantitative estimate of drug-likeness (QED) is 0.156. The number of alkyl halides is 3. The van der Waals surface area contributed by atoms with E-state index in [1.54, 1.807) is 37.3 Å². The molecule has 2 heterocycles. The molecule has 9 aromatic carbocycles. The minimum atomic E-state index is -4.62. The van der Waals surface area contributed by atoms with Crippen LogP contribution >= 0.6 is 0 Å². The fourth-order valence-electron chi connectivity index (χ4n) is 9.75. The number of benzene rings is 9. The Morgan fingerprint density at radius 2 is 0.970 bits per heavy atom. The van der Waals surface area contributed by atoms with Crippen molar-refractivity contribution in [2.45, 2.75) is 13.1 Å². The number of rotatable bonds is 6. The van der Waals surface area contributed by atoms with Crippen molar-refractivity contribution >= 4 is 49.3 Å².